The molecule has 1 atom stereocenters. The standard InChI is InChI=1S/C14H18ClNO3/c15-12-3-1-10(2-4-12)14(19)11-5-7-16(8-6-11)13(18)9-17/h1-4,11,14,17,19H,5-9H2. The number of halogens is 1. The first kappa shape index (κ1) is 14.3. The van der Waals surface area contributed by atoms with Gasteiger partial charge in [0.2, 0.25) is 5.91 Å². The predicted molar refractivity (Wildman–Crippen MR) is 72.8 cm³/mol. The third-order valence-electron chi connectivity index (χ3n) is 3.69. The number of aliphatic hydroxyl groups is 2. The summed E-state index contributed by atoms with van der Waals surface area (Å²) in [6.45, 7) is 0.744. The van der Waals surface area contributed by atoms with Gasteiger partial charge in [0, 0.05) is 18.1 Å². The zero-order valence-corrected chi connectivity index (χ0v) is 11.4. The Kier molecular flexibility index (Phi) is 4.80. The molecule has 19 heavy (non-hydrogen) atoms. The van der Waals surface area contributed by atoms with Crippen LogP contribution in [0.25, 0.3) is 0 Å². The van der Waals surface area contributed by atoms with Crippen molar-refractivity contribution in [3.8, 4) is 0 Å². The molecule has 2 rings (SSSR count). The van der Waals surface area contributed by atoms with Crippen molar-refractivity contribution in [2.75, 3.05) is 19.7 Å². The number of amides is 1. The highest BCUT2D eigenvalue weighted by Gasteiger charge is 2.27. The van der Waals surface area contributed by atoms with Gasteiger partial charge in [-0.1, -0.05) is 23.7 Å². The molecule has 1 unspecified atom stereocenters. The van der Waals surface area contributed by atoms with Crippen LogP contribution in [0.3, 0.4) is 0 Å². The summed E-state index contributed by atoms with van der Waals surface area (Å²) < 4.78 is 0. The predicted octanol–water partition coefficient (Wildman–Crippen LogP) is 1.60. The number of aliphatic hydroxyl groups excluding tert-OH is 2. The number of hydrogen-bond acceptors (Lipinski definition) is 3. The lowest BCUT2D eigenvalue weighted by Crippen LogP contribution is -2.41. The molecule has 0 radical (unpaired) electrons. The second-order valence-electron chi connectivity index (χ2n) is 4.87. The van der Waals surface area contributed by atoms with Gasteiger partial charge in [0.15, 0.2) is 0 Å². The molecule has 1 aliphatic rings. The minimum atomic E-state index is -0.524. The summed E-state index contributed by atoms with van der Waals surface area (Å²) in [7, 11) is 0. The molecule has 5 heteroatoms. The van der Waals surface area contributed by atoms with Crippen molar-refractivity contribution in [3.63, 3.8) is 0 Å². The summed E-state index contributed by atoms with van der Waals surface area (Å²) in [5, 5.41) is 19.8. The molecule has 1 amide bonds. The number of benzene rings is 1. The minimum Gasteiger partial charge on any atom is -0.388 e. The molecular formula is C14H18ClNO3. The van der Waals surface area contributed by atoms with Gasteiger partial charge in [-0.3, -0.25) is 4.79 Å². The fourth-order valence-electron chi connectivity index (χ4n) is 2.50. The molecule has 0 aliphatic carbocycles. The van der Waals surface area contributed by atoms with Crippen molar-refractivity contribution in [2.45, 2.75) is 18.9 Å². The Morgan fingerprint density at radius 1 is 1.32 bits per heavy atom. The molecule has 1 saturated heterocycles. The minimum absolute atomic E-state index is 0.143. The zero-order chi connectivity index (χ0) is 13.8. The van der Waals surface area contributed by atoms with Gasteiger partial charge in [-0.2, -0.15) is 0 Å². The molecule has 0 spiro atoms. The van der Waals surface area contributed by atoms with Crippen LogP contribution in [0.1, 0.15) is 24.5 Å². The van der Waals surface area contributed by atoms with Crippen LogP contribution in [0.4, 0.5) is 0 Å². The fraction of sp³-hybridized carbons (Fsp3) is 0.500. The number of likely N-dealkylation sites (tertiary alicyclic amines) is 1. The highest BCUT2D eigenvalue weighted by Crippen LogP contribution is 2.31. The van der Waals surface area contributed by atoms with Crippen LogP contribution >= 0.6 is 11.6 Å². The quantitative estimate of drug-likeness (QED) is 0.886. The van der Waals surface area contributed by atoms with E-state index in [4.69, 9.17) is 16.7 Å². The van der Waals surface area contributed by atoms with Crippen molar-refractivity contribution < 1.29 is 15.0 Å². The van der Waals surface area contributed by atoms with Crippen molar-refractivity contribution >= 4 is 17.5 Å². The maximum atomic E-state index is 11.3. The number of carbonyl (C=O) groups is 1. The summed E-state index contributed by atoms with van der Waals surface area (Å²) in [6.07, 6.45) is 0.967. The van der Waals surface area contributed by atoms with Crippen LogP contribution in [0.5, 0.6) is 0 Å². The van der Waals surface area contributed by atoms with E-state index >= 15 is 0 Å². The van der Waals surface area contributed by atoms with E-state index in [1.165, 1.54) is 0 Å². The molecule has 1 fully saturated rings. The zero-order valence-electron chi connectivity index (χ0n) is 10.6. The summed E-state index contributed by atoms with van der Waals surface area (Å²) in [5.74, 6) is -0.0941. The fourth-order valence-corrected chi connectivity index (χ4v) is 2.62. The Bertz CT molecular complexity index is 427. The van der Waals surface area contributed by atoms with Gasteiger partial charge in [0.1, 0.15) is 6.61 Å². The average molecular weight is 284 g/mol. The van der Waals surface area contributed by atoms with E-state index in [2.05, 4.69) is 0 Å². The topological polar surface area (TPSA) is 60.8 Å². The normalized spacial score (nSPS) is 18.4. The van der Waals surface area contributed by atoms with Gasteiger partial charge < -0.3 is 15.1 Å². The van der Waals surface area contributed by atoms with Crippen LogP contribution in [-0.2, 0) is 4.79 Å². The van der Waals surface area contributed by atoms with Gasteiger partial charge in [-0.05, 0) is 36.5 Å². The molecule has 0 aromatic heterocycles. The number of nitrogens with zero attached hydrogens (tertiary/aromatic N) is 1. The lowest BCUT2D eigenvalue weighted by molar-refractivity contribution is -0.136. The van der Waals surface area contributed by atoms with E-state index in [0.717, 1.165) is 18.4 Å². The molecule has 2 N–H and O–H groups in total. The van der Waals surface area contributed by atoms with Crippen molar-refractivity contribution in [2.24, 2.45) is 5.92 Å². The lowest BCUT2D eigenvalue weighted by Gasteiger charge is -2.34. The van der Waals surface area contributed by atoms with Crippen LogP contribution in [0.2, 0.25) is 5.02 Å². The Balaban J connectivity index is 1.94. The SMILES string of the molecule is O=C(CO)N1CCC(C(O)c2ccc(Cl)cc2)CC1. The number of piperidine rings is 1. The molecule has 0 saturated carbocycles. The van der Waals surface area contributed by atoms with Crippen LogP contribution < -0.4 is 0 Å². The average Bonchev–Trinajstić information content (AvgIpc) is 2.46. The Labute approximate surface area is 117 Å². The van der Waals surface area contributed by atoms with Crippen molar-refractivity contribution in [1.82, 2.24) is 4.90 Å². The Morgan fingerprint density at radius 2 is 1.89 bits per heavy atom. The Morgan fingerprint density at radius 3 is 2.42 bits per heavy atom. The maximum Gasteiger partial charge on any atom is 0.248 e. The lowest BCUT2D eigenvalue weighted by atomic mass is 9.87. The van der Waals surface area contributed by atoms with E-state index in [1.807, 2.05) is 12.1 Å². The molecule has 1 heterocycles. The van der Waals surface area contributed by atoms with Gasteiger partial charge in [0.25, 0.3) is 0 Å². The van der Waals surface area contributed by atoms with E-state index in [1.54, 1.807) is 17.0 Å². The number of carbonyl (C=O) groups excluding carboxylic acids is 1. The first-order valence-electron chi connectivity index (χ1n) is 6.44. The van der Waals surface area contributed by atoms with E-state index in [-0.39, 0.29) is 11.8 Å². The second kappa shape index (κ2) is 6.37. The van der Waals surface area contributed by atoms with E-state index in [9.17, 15) is 9.90 Å². The second-order valence-corrected chi connectivity index (χ2v) is 5.31. The summed E-state index contributed by atoms with van der Waals surface area (Å²) in [6, 6.07) is 7.20. The van der Waals surface area contributed by atoms with Crippen molar-refractivity contribution in [3.05, 3.63) is 34.9 Å². The van der Waals surface area contributed by atoms with Gasteiger partial charge in [-0.15, -0.1) is 0 Å². The van der Waals surface area contributed by atoms with E-state index < -0.39 is 12.7 Å². The first-order valence-corrected chi connectivity index (χ1v) is 6.81. The summed E-state index contributed by atoms with van der Waals surface area (Å²) in [4.78, 5) is 13.0. The molecule has 0 bridgehead atoms. The van der Waals surface area contributed by atoms with Crippen LogP contribution in [0.15, 0.2) is 24.3 Å². The third kappa shape index (κ3) is 3.47. The summed E-state index contributed by atoms with van der Waals surface area (Å²) >= 11 is 5.82. The number of rotatable bonds is 3. The van der Waals surface area contributed by atoms with E-state index in [0.29, 0.717) is 18.1 Å². The monoisotopic (exact) mass is 283 g/mol. The van der Waals surface area contributed by atoms with Gasteiger partial charge in [0.05, 0.1) is 6.10 Å². The number of hydrogen-bond donors (Lipinski definition) is 2. The maximum absolute atomic E-state index is 11.3. The highest BCUT2D eigenvalue weighted by atomic mass is 35.5. The highest BCUT2D eigenvalue weighted by molar-refractivity contribution is 6.30. The third-order valence-corrected chi connectivity index (χ3v) is 3.94. The molecule has 1 aromatic carbocycles. The first-order chi connectivity index (χ1) is 9.11. The van der Waals surface area contributed by atoms with Crippen molar-refractivity contribution in [1.29, 1.82) is 0 Å². The Hall–Kier alpha value is -1.10. The summed E-state index contributed by atoms with van der Waals surface area (Å²) in [5.41, 5.74) is 0.858. The largest absolute Gasteiger partial charge is 0.388 e. The smallest absolute Gasteiger partial charge is 0.248 e. The molecule has 4 nitrogen and oxygen atoms in total. The molecule has 1 aliphatic heterocycles. The van der Waals surface area contributed by atoms with Gasteiger partial charge >= 0.3 is 0 Å². The molecule has 1 aromatic rings. The molecular weight excluding hydrogens is 266 g/mol. The van der Waals surface area contributed by atoms with Crippen LogP contribution in [-0.4, -0.2) is 40.7 Å². The van der Waals surface area contributed by atoms with Gasteiger partial charge in [-0.25, -0.2) is 0 Å². The van der Waals surface area contributed by atoms with Crippen LogP contribution in [0, 0.1) is 5.92 Å². The molecule has 104 valence electrons.